The molecule has 0 spiro atoms. The number of amides is 1. The lowest BCUT2D eigenvalue weighted by atomic mass is 10.1. The highest BCUT2D eigenvalue weighted by molar-refractivity contribution is 5.93. The molecule has 1 amide bonds. The van der Waals surface area contributed by atoms with Crippen LogP contribution in [0.2, 0.25) is 0 Å². The highest BCUT2D eigenvalue weighted by Gasteiger charge is 2.33. The largest absolute Gasteiger partial charge is 0.418 e. The molecule has 0 radical (unpaired) electrons. The number of rotatable bonds is 5. The summed E-state index contributed by atoms with van der Waals surface area (Å²) in [5, 5.41) is 2.74. The number of nitrogens with one attached hydrogen (secondary N) is 2. The zero-order valence-corrected chi connectivity index (χ0v) is 14.9. The summed E-state index contributed by atoms with van der Waals surface area (Å²) in [6.07, 6.45) is -4.57. The maximum absolute atomic E-state index is 13.0. The van der Waals surface area contributed by atoms with E-state index in [4.69, 9.17) is 0 Å². The summed E-state index contributed by atoms with van der Waals surface area (Å²) in [4.78, 5) is 32.8. The molecule has 0 saturated heterocycles. The van der Waals surface area contributed by atoms with Crippen LogP contribution >= 0.6 is 0 Å². The molecule has 1 aromatic heterocycles. The minimum atomic E-state index is -4.57. The fourth-order valence-electron chi connectivity index (χ4n) is 2.80. The van der Waals surface area contributed by atoms with Crippen molar-refractivity contribution in [3.63, 3.8) is 0 Å². The molecule has 3 rings (SSSR count). The number of halogens is 3. The number of carbonyl (C=O) groups excluding carboxylic acids is 1. The first kappa shape index (κ1) is 19.6. The first-order valence-corrected chi connectivity index (χ1v) is 8.36. The second-order valence-corrected chi connectivity index (χ2v) is 6.29. The van der Waals surface area contributed by atoms with Crippen LogP contribution in [0.25, 0.3) is 10.9 Å². The Morgan fingerprint density at radius 1 is 1.14 bits per heavy atom. The molecule has 0 aliphatic carbocycles. The first-order valence-electron chi connectivity index (χ1n) is 8.36. The van der Waals surface area contributed by atoms with Gasteiger partial charge in [-0.3, -0.25) is 14.5 Å². The molecule has 2 aromatic carbocycles. The molecule has 28 heavy (non-hydrogen) atoms. The van der Waals surface area contributed by atoms with Crippen molar-refractivity contribution in [1.82, 2.24) is 14.9 Å². The van der Waals surface area contributed by atoms with Gasteiger partial charge in [0.2, 0.25) is 5.91 Å². The predicted molar refractivity (Wildman–Crippen MR) is 98.8 cm³/mol. The average molecular weight is 390 g/mol. The van der Waals surface area contributed by atoms with E-state index in [0.29, 0.717) is 16.7 Å². The van der Waals surface area contributed by atoms with Crippen molar-refractivity contribution < 1.29 is 18.0 Å². The maximum Gasteiger partial charge on any atom is 0.418 e. The quantitative estimate of drug-likeness (QED) is 0.702. The van der Waals surface area contributed by atoms with Gasteiger partial charge in [-0.15, -0.1) is 0 Å². The Labute approximate surface area is 158 Å². The molecule has 1 heterocycles. The van der Waals surface area contributed by atoms with Gasteiger partial charge in [-0.05, 0) is 31.3 Å². The van der Waals surface area contributed by atoms with E-state index in [2.05, 4.69) is 15.3 Å². The van der Waals surface area contributed by atoms with Crippen LogP contribution in [-0.4, -0.2) is 34.4 Å². The molecule has 0 aliphatic rings. The van der Waals surface area contributed by atoms with Gasteiger partial charge in [-0.1, -0.05) is 24.3 Å². The van der Waals surface area contributed by atoms with E-state index in [9.17, 15) is 22.8 Å². The van der Waals surface area contributed by atoms with Crippen molar-refractivity contribution in [3.8, 4) is 0 Å². The van der Waals surface area contributed by atoms with Gasteiger partial charge in [0.25, 0.3) is 5.56 Å². The van der Waals surface area contributed by atoms with Crippen molar-refractivity contribution in [2.45, 2.75) is 12.7 Å². The van der Waals surface area contributed by atoms with Gasteiger partial charge in [0.15, 0.2) is 0 Å². The van der Waals surface area contributed by atoms with Crippen molar-refractivity contribution in [2.75, 3.05) is 18.9 Å². The van der Waals surface area contributed by atoms with Crippen LogP contribution < -0.4 is 10.9 Å². The Kier molecular flexibility index (Phi) is 5.46. The molecule has 0 saturated carbocycles. The van der Waals surface area contributed by atoms with E-state index in [-0.39, 0.29) is 24.3 Å². The molecular weight excluding hydrogens is 373 g/mol. The average Bonchev–Trinajstić information content (AvgIpc) is 2.61. The van der Waals surface area contributed by atoms with Crippen LogP contribution in [0, 0.1) is 0 Å². The molecule has 146 valence electrons. The highest BCUT2D eigenvalue weighted by Crippen LogP contribution is 2.34. The Balaban J connectivity index is 1.68. The Hall–Kier alpha value is -3.20. The summed E-state index contributed by atoms with van der Waals surface area (Å²) in [5.74, 6) is -0.253. The third kappa shape index (κ3) is 4.55. The predicted octanol–water partition coefficient (Wildman–Crippen LogP) is 3.01. The monoisotopic (exact) mass is 390 g/mol. The second kappa shape index (κ2) is 7.81. The van der Waals surface area contributed by atoms with Gasteiger partial charge in [-0.2, -0.15) is 13.2 Å². The SMILES string of the molecule is CN(CC(=O)Nc1ccccc1C(F)(F)F)Cc1nc2ccccc2c(=O)[nH]1. The molecule has 0 bridgehead atoms. The fraction of sp³-hybridized carbons (Fsp3) is 0.211. The van der Waals surface area contributed by atoms with Gasteiger partial charge in [0.05, 0.1) is 35.2 Å². The molecule has 0 aliphatic heterocycles. The van der Waals surface area contributed by atoms with Gasteiger partial charge < -0.3 is 10.3 Å². The van der Waals surface area contributed by atoms with E-state index in [1.54, 1.807) is 36.2 Å². The number of para-hydroxylation sites is 2. The fourth-order valence-corrected chi connectivity index (χ4v) is 2.80. The molecule has 3 aromatic rings. The molecule has 0 fully saturated rings. The number of carbonyl (C=O) groups is 1. The minimum absolute atomic E-state index is 0.147. The number of nitrogens with zero attached hydrogens (tertiary/aromatic N) is 2. The van der Waals surface area contributed by atoms with Gasteiger partial charge >= 0.3 is 6.18 Å². The van der Waals surface area contributed by atoms with Crippen LogP contribution in [0.3, 0.4) is 0 Å². The van der Waals surface area contributed by atoms with Crippen LogP contribution in [0.1, 0.15) is 11.4 Å². The third-order valence-corrected chi connectivity index (χ3v) is 4.00. The van der Waals surface area contributed by atoms with Crippen molar-refractivity contribution in [2.24, 2.45) is 0 Å². The zero-order valence-electron chi connectivity index (χ0n) is 14.9. The smallest absolute Gasteiger partial charge is 0.324 e. The summed E-state index contributed by atoms with van der Waals surface area (Å²) in [5.41, 5.74) is -0.979. The zero-order chi connectivity index (χ0) is 20.3. The second-order valence-electron chi connectivity index (χ2n) is 6.29. The van der Waals surface area contributed by atoms with Gasteiger partial charge in [0.1, 0.15) is 5.82 Å². The molecule has 0 atom stereocenters. The van der Waals surface area contributed by atoms with E-state index < -0.39 is 17.6 Å². The highest BCUT2D eigenvalue weighted by atomic mass is 19.4. The van der Waals surface area contributed by atoms with Crippen molar-refractivity contribution >= 4 is 22.5 Å². The standard InChI is InChI=1S/C19H17F3N4O2/c1-26(10-16-23-14-8-4-2-6-12(14)18(28)25-16)11-17(27)24-15-9-5-3-7-13(15)19(20,21)22/h2-9H,10-11H2,1H3,(H,24,27)(H,23,25,28). The maximum atomic E-state index is 13.0. The number of hydrogen-bond donors (Lipinski definition) is 2. The van der Waals surface area contributed by atoms with Gasteiger partial charge in [0, 0.05) is 0 Å². The van der Waals surface area contributed by atoms with Gasteiger partial charge in [-0.25, -0.2) is 4.98 Å². The number of likely N-dealkylation sites (N-methyl/N-ethyl adjacent to an activating group) is 1. The summed E-state index contributed by atoms with van der Waals surface area (Å²) in [7, 11) is 1.60. The van der Waals surface area contributed by atoms with Crippen molar-refractivity contribution in [1.29, 1.82) is 0 Å². The minimum Gasteiger partial charge on any atom is -0.324 e. The lowest BCUT2D eigenvalue weighted by Gasteiger charge is -2.17. The summed E-state index contributed by atoms with van der Waals surface area (Å²) in [6.45, 7) is -0.0306. The first-order chi connectivity index (χ1) is 13.2. The van der Waals surface area contributed by atoms with Crippen LogP contribution in [-0.2, 0) is 17.5 Å². The lowest BCUT2D eigenvalue weighted by molar-refractivity contribution is -0.137. The van der Waals surface area contributed by atoms with Crippen LogP contribution in [0.15, 0.2) is 53.3 Å². The van der Waals surface area contributed by atoms with Crippen molar-refractivity contribution in [3.05, 3.63) is 70.3 Å². The van der Waals surface area contributed by atoms with Crippen LogP contribution in [0.4, 0.5) is 18.9 Å². The number of hydrogen-bond acceptors (Lipinski definition) is 4. The normalized spacial score (nSPS) is 11.8. The molecular formula is C19H17F3N4O2. The molecule has 0 unspecified atom stereocenters. The summed E-state index contributed by atoms with van der Waals surface area (Å²) < 4.78 is 39.0. The number of fused-ring (bicyclic) bond motifs is 1. The summed E-state index contributed by atoms with van der Waals surface area (Å²) >= 11 is 0. The Morgan fingerprint density at radius 3 is 2.57 bits per heavy atom. The lowest BCUT2D eigenvalue weighted by Crippen LogP contribution is -2.31. The Bertz CT molecular complexity index is 1060. The van der Waals surface area contributed by atoms with Crippen LogP contribution in [0.5, 0.6) is 0 Å². The summed E-state index contributed by atoms with van der Waals surface area (Å²) in [6, 6.07) is 11.6. The van der Waals surface area contributed by atoms with E-state index in [0.717, 1.165) is 6.07 Å². The van der Waals surface area contributed by atoms with E-state index in [1.165, 1.54) is 18.2 Å². The molecule has 2 N–H and O–H groups in total. The number of aromatic amines is 1. The van der Waals surface area contributed by atoms with E-state index >= 15 is 0 Å². The number of aromatic nitrogens is 2. The number of alkyl halides is 3. The molecule has 9 heteroatoms. The molecule has 6 nitrogen and oxygen atoms in total. The van der Waals surface area contributed by atoms with E-state index in [1.807, 2.05) is 0 Å². The third-order valence-electron chi connectivity index (χ3n) is 4.00. The number of benzene rings is 2. The number of H-pyrrole nitrogens is 1. The number of anilines is 1. The topological polar surface area (TPSA) is 78.1 Å². The Morgan fingerprint density at radius 2 is 1.82 bits per heavy atom.